The number of nitrogens with zero attached hydrogens (tertiary/aromatic N) is 2. The number of sulfonamides is 1. The number of hydrogen-bond donors (Lipinski definition) is 3. The summed E-state index contributed by atoms with van der Waals surface area (Å²) in [7, 11) is -4.20. The summed E-state index contributed by atoms with van der Waals surface area (Å²) >= 11 is 0. The lowest BCUT2D eigenvalue weighted by atomic mass is 10.00. The smallest absolute Gasteiger partial charge is 0.335 e. The molecule has 1 aliphatic heterocycles. The number of hydrogen-bond acceptors (Lipinski definition) is 8. The maximum Gasteiger partial charge on any atom is 0.335 e. The number of aromatic nitrogens is 2. The summed E-state index contributed by atoms with van der Waals surface area (Å²) in [5, 5.41) is 9.26. The summed E-state index contributed by atoms with van der Waals surface area (Å²) in [6, 6.07) is 12.2. The highest BCUT2D eigenvalue weighted by molar-refractivity contribution is 7.92. The van der Waals surface area contributed by atoms with Crippen LogP contribution in [-0.2, 0) is 14.8 Å². The van der Waals surface area contributed by atoms with Crippen molar-refractivity contribution < 1.29 is 27.8 Å². The third-order valence-corrected chi connectivity index (χ3v) is 7.95. The highest BCUT2D eigenvalue weighted by Crippen LogP contribution is 2.32. The number of nitrogens with two attached hydrogens (primary N) is 1. The molecule has 10 nitrogen and oxygen atoms in total. The summed E-state index contributed by atoms with van der Waals surface area (Å²) < 4.78 is 40.6. The van der Waals surface area contributed by atoms with Crippen LogP contribution in [0.15, 0.2) is 53.4 Å². The summed E-state index contributed by atoms with van der Waals surface area (Å²) in [5.41, 5.74) is 9.21. The van der Waals surface area contributed by atoms with E-state index < -0.39 is 16.0 Å². The van der Waals surface area contributed by atoms with Gasteiger partial charge in [-0.3, -0.25) is 0 Å². The molecule has 0 amide bonds. The normalized spacial score (nSPS) is 17.1. The second-order valence-electron chi connectivity index (χ2n) is 10.5. The molecule has 4 N–H and O–H groups in total. The van der Waals surface area contributed by atoms with Crippen LogP contribution in [-0.4, -0.2) is 53.8 Å². The maximum atomic E-state index is 13.1. The zero-order chi connectivity index (χ0) is 28.4. The first kappa shape index (κ1) is 31.3. The van der Waals surface area contributed by atoms with Crippen LogP contribution in [0.4, 0.5) is 5.95 Å². The number of aryl methyl sites for hydroxylation is 2. The quantitative estimate of drug-likeness (QED) is 0.304. The molecule has 0 aliphatic carbocycles. The Morgan fingerprint density at radius 1 is 1.18 bits per heavy atom. The average molecular weight is 591 g/mol. The number of benzene rings is 2. The van der Waals surface area contributed by atoms with E-state index in [0.717, 1.165) is 35.6 Å². The van der Waals surface area contributed by atoms with Crippen molar-refractivity contribution >= 4 is 34.3 Å². The summed E-state index contributed by atoms with van der Waals surface area (Å²) in [5.74, 6) is -1.29. The minimum Gasteiger partial charge on any atom is -0.478 e. The van der Waals surface area contributed by atoms with E-state index in [-0.39, 0.29) is 59.0 Å². The number of carboxylic acid groups (broad SMARTS) is 1. The highest BCUT2D eigenvalue weighted by Gasteiger charge is 2.32. The van der Waals surface area contributed by atoms with Crippen molar-refractivity contribution in [3.05, 3.63) is 65.2 Å². The van der Waals surface area contributed by atoms with E-state index in [4.69, 9.17) is 15.2 Å². The number of ether oxygens (including phenoxy) is 2. The number of nitrogens with one attached hydrogen (secondary N) is 1. The molecule has 3 aromatic rings. The molecule has 1 aromatic heterocycles. The third kappa shape index (κ3) is 7.69. The Morgan fingerprint density at radius 3 is 2.48 bits per heavy atom. The Balaban J connectivity index is 0.00000441. The Labute approximate surface area is 240 Å². The number of carboxylic acids is 1. The van der Waals surface area contributed by atoms with E-state index in [1.807, 2.05) is 32.0 Å². The van der Waals surface area contributed by atoms with Crippen LogP contribution in [0.1, 0.15) is 54.6 Å². The predicted molar refractivity (Wildman–Crippen MR) is 155 cm³/mol. The Morgan fingerprint density at radius 2 is 1.85 bits per heavy atom. The molecule has 0 bridgehead atoms. The van der Waals surface area contributed by atoms with Gasteiger partial charge in [0.2, 0.25) is 11.8 Å². The molecule has 12 heteroatoms. The van der Waals surface area contributed by atoms with E-state index in [1.54, 1.807) is 6.07 Å². The van der Waals surface area contributed by atoms with Gasteiger partial charge in [0, 0.05) is 17.7 Å². The van der Waals surface area contributed by atoms with Gasteiger partial charge in [-0.05, 0) is 76.3 Å². The maximum absolute atomic E-state index is 13.1. The number of anilines is 1. The Kier molecular flexibility index (Phi) is 9.78. The fraction of sp³-hybridized carbons (Fsp3) is 0.393. The molecule has 0 unspecified atom stereocenters. The predicted octanol–water partition coefficient (Wildman–Crippen LogP) is 4.74. The summed E-state index contributed by atoms with van der Waals surface area (Å²) in [6.07, 6.45) is 2.57. The van der Waals surface area contributed by atoms with Crippen LogP contribution in [0, 0.1) is 13.8 Å². The van der Waals surface area contributed by atoms with Crippen LogP contribution in [0.5, 0.6) is 5.88 Å². The standard InChI is InChI=1S/C28H34N4O6S.ClH/c1-17-7-5-8-18(2)25(17)23-15-24(37-16-20(29)14-21-11-12-28(3,4)38-21)31-27(30-23)32-39(35,36)22-10-6-9-19(13-22)26(33)34;/h5-10,13,15,20-21H,11-12,14,16,29H2,1-4H3,(H,33,34)(H,30,31,32);1H/t20-,21-;/m1./s1. The van der Waals surface area contributed by atoms with Crippen molar-refractivity contribution in [3.63, 3.8) is 0 Å². The molecule has 4 rings (SSSR count). The van der Waals surface area contributed by atoms with Gasteiger partial charge in [0.05, 0.1) is 27.9 Å². The minimum absolute atomic E-state index is 0. The van der Waals surface area contributed by atoms with E-state index >= 15 is 0 Å². The lowest BCUT2D eigenvalue weighted by molar-refractivity contribution is -0.0221. The first-order chi connectivity index (χ1) is 18.3. The molecule has 0 spiro atoms. The molecular weight excluding hydrogens is 556 g/mol. The minimum atomic E-state index is -4.20. The molecule has 2 aromatic carbocycles. The number of aromatic carboxylic acids is 1. The molecule has 1 fully saturated rings. The first-order valence-electron chi connectivity index (χ1n) is 12.7. The van der Waals surface area contributed by atoms with E-state index in [9.17, 15) is 18.3 Å². The van der Waals surface area contributed by atoms with Gasteiger partial charge in [-0.2, -0.15) is 4.98 Å². The third-order valence-electron chi connectivity index (χ3n) is 6.62. The molecule has 0 radical (unpaired) electrons. The van der Waals surface area contributed by atoms with Crippen molar-refractivity contribution in [2.45, 2.75) is 69.6 Å². The molecule has 216 valence electrons. The molecule has 0 saturated carbocycles. The average Bonchev–Trinajstić information content (AvgIpc) is 3.20. The van der Waals surface area contributed by atoms with Gasteiger partial charge in [0.25, 0.3) is 10.0 Å². The van der Waals surface area contributed by atoms with Crippen LogP contribution >= 0.6 is 12.4 Å². The van der Waals surface area contributed by atoms with Crippen molar-refractivity contribution in [2.75, 3.05) is 11.3 Å². The molecule has 1 saturated heterocycles. The number of halogens is 1. The van der Waals surface area contributed by atoms with Crippen molar-refractivity contribution in [3.8, 4) is 17.1 Å². The molecule has 40 heavy (non-hydrogen) atoms. The Bertz CT molecular complexity index is 1460. The van der Waals surface area contributed by atoms with Crippen molar-refractivity contribution in [1.82, 2.24) is 9.97 Å². The van der Waals surface area contributed by atoms with Gasteiger partial charge in [-0.25, -0.2) is 22.9 Å². The van der Waals surface area contributed by atoms with Crippen LogP contribution < -0.4 is 15.2 Å². The second-order valence-corrected chi connectivity index (χ2v) is 12.1. The zero-order valence-corrected chi connectivity index (χ0v) is 24.5. The summed E-state index contributed by atoms with van der Waals surface area (Å²) in [6.45, 7) is 8.14. The van der Waals surface area contributed by atoms with E-state index in [2.05, 4.69) is 28.5 Å². The molecular formula is C28H35ClN4O6S. The highest BCUT2D eigenvalue weighted by atomic mass is 35.5. The van der Waals surface area contributed by atoms with Gasteiger partial charge in [0.1, 0.15) is 6.61 Å². The molecule has 1 aliphatic rings. The molecule has 2 heterocycles. The topological polar surface area (TPSA) is 154 Å². The van der Waals surface area contributed by atoms with Gasteiger partial charge >= 0.3 is 5.97 Å². The summed E-state index contributed by atoms with van der Waals surface area (Å²) in [4.78, 5) is 19.9. The van der Waals surface area contributed by atoms with Crippen molar-refractivity contribution in [2.24, 2.45) is 5.73 Å². The largest absolute Gasteiger partial charge is 0.478 e. The fourth-order valence-electron chi connectivity index (χ4n) is 4.71. The number of carbonyl (C=O) groups is 1. The van der Waals surface area contributed by atoms with Gasteiger partial charge in [0.15, 0.2) is 0 Å². The van der Waals surface area contributed by atoms with Crippen LogP contribution in [0.25, 0.3) is 11.3 Å². The van der Waals surface area contributed by atoms with E-state index in [0.29, 0.717) is 12.1 Å². The van der Waals surface area contributed by atoms with Gasteiger partial charge in [-0.1, -0.05) is 24.3 Å². The zero-order valence-electron chi connectivity index (χ0n) is 22.9. The van der Waals surface area contributed by atoms with Crippen LogP contribution in [0.3, 0.4) is 0 Å². The Hall–Kier alpha value is -3.25. The lowest BCUT2D eigenvalue weighted by Crippen LogP contribution is -2.33. The van der Waals surface area contributed by atoms with Gasteiger partial charge < -0.3 is 20.3 Å². The fourth-order valence-corrected chi connectivity index (χ4v) is 5.70. The van der Waals surface area contributed by atoms with Crippen LogP contribution in [0.2, 0.25) is 0 Å². The number of rotatable bonds is 10. The van der Waals surface area contributed by atoms with E-state index in [1.165, 1.54) is 18.2 Å². The second kappa shape index (κ2) is 12.5. The van der Waals surface area contributed by atoms with Crippen molar-refractivity contribution in [1.29, 1.82) is 0 Å². The van der Waals surface area contributed by atoms with Gasteiger partial charge in [-0.15, -0.1) is 12.4 Å². The first-order valence-corrected chi connectivity index (χ1v) is 14.2. The molecule has 2 atom stereocenters. The lowest BCUT2D eigenvalue weighted by Gasteiger charge is -2.21. The monoisotopic (exact) mass is 590 g/mol. The SMILES string of the molecule is Cc1cccc(C)c1-c1cc(OC[C@H](N)C[C@H]2CCC(C)(C)O2)nc(NS(=O)(=O)c2cccc(C(=O)O)c2)n1.Cl.